The van der Waals surface area contributed by atoms with E-state index in [1.165, 1.54) is 6.07 Å². The van der Waals surface area contributed by atoms with Crippen LogP contribution in [-0.4, -0.2) is 5.54 Å². The molecule has 0 amide bonds. The van der Waals surface area contributed by atoms with E-state index in [1.807, 2.05) is 24.3 Å². The van der Waals surface area contributed by atoms with E-state index in [4.69, 9.17) is 4.74 Å². The van der Waals surface area contributed by atoms with E-state index in [0.29, 0.717) is 12.1 Å². The normalized spacial score (nSPS) is 11.0. The molecule has 2 aromatic carbocycles. The van der Waals surface area contributed by atoms with Gasteiger partial charge in [-0.3, -0.25) is 0 Å². The third kappa shape index (κ3) is 6.08. The Bertz CT molecular complexity index is 664. The maximum absolute atomic E-state index is 13.7. The Morgan fingerprint density at radius 2 is 1.83 bits per heavy atom. The van der Waals surface area contributed by atoms with Gasteiger partial charge in [-0.15, -0.1) is 12.4 Å². The van der Waals surface area contributed by atoms with Crippen LogP contribution in [0.2, 0.25) is 0 Å². The van der Waals surface area contributed by atoms with Gasteiger partial charge in [0.25, 0.3) is 0 Å². The Hall–Kier alpha value is -1.10. The van der Waals surface area contributed by atoms with Gasteiger partial charge in [0.2, 0.25) is 0 Å². The predicted molar refractivity (Wildman–Crippen MR) is 103 cm³/mol. The van der Waals surface area contributed by atoms with E-state index in [9.17, 15) is 4.39 Å². The van der Waals surface area contributed by atoms with Gasteiger partial charge in [-0.05, 0) is 44.5 Å². The first-order chi connectivity index (χ1) is 10.9. The van der Waals surface area contributed by atoms with Crippen LogP contribution in [0.4, 0.5) is 4.39 Å². The molecule has 0 spiro atoms. The summed E-state index contributed by atoms with van der Waals surface area (Å²) in [5.41, 5.74) is 1.67. The number of nitrogens with one attached hydrogen (secondary N) is 1. The minimum atomic E-state index is -0.239. The second kappa shape index (κ2) is 9.40. The van der Waals surface area contributed by atoms with Crippen molar-refractivity contribution in [2.24, 2.45) is 0 Å². The second-order valence-electron chi connectivity index (χ2n) is 6.22. The van der Waals surface area contributed by atoms with Crippen molar-refractivity contribution in [1.29, 1.82) is 0 Å². The molecule has 2 nitrogen and oxygen atoms in total. The van der Waals surface area contributed by atoms with Crippen molar-refractivity contribution >= 4 is 28.3 Å². The van der Waals surface area contributed by atoms with Gasteiger partial charge in [0.1, 0.15) is 18.2 Å². The first-order valence-corrected chi connectivity index (χ1v) is 8.60. The molecule has 1 N–H and O–H groups in total. The van der Waals surface area contributed by atoms with Crippen LogP contribution in [0.15, 0.2) is 46.9 Å². The molecule has 0 radical (unpaired) electrons. The highest BCUT2D eigenvalue weighted by atomic mass is 79.9. The van der Waals surface area contributed by atoms with E-state index in [0.717, 1.165) is 22.2 Å². The van der Waals surface area contributed by atoms with E-state index < -0.39 is 0 Å². The summed E-state index contributed by atoms with van der Waals surface area (Å²) in [6.45, 7) is 7.42. The summed E-state index contributed by atoms with van der Waals surface area (Å²) in [5.74, 6) is 0.534. The Labute approximate surface area is 158 Å². The minimum absolute atomic E-state index is 0. The summed E-state index contributed by atoms with van der Waals surface area (Å²) in [5, 5.41) is 3.53. The summed E-state index contributed by atoms with van der Waals surface area (Å²) >= 11 is 3.50. The molecule has 0 atom stereocenters. The van der Waals surface area contributed by atoms with Crippen LogP contribution >= 0.6 is 28.3 Å². The average Bonchev–Trinajstić information content (AvgIpc) is 2.53. The van der Waals surface area contributed by atoms with Crippen molar-refractivity contribution < 1.29 is 9.13 Å². The van der Waals surface area contributed by atoms with Crippen LogP contribution in [0, 0.1) is 5.82 Å². The molecule has 2 aromatic rings. The average molecular weight is 417 g/mol. The molecule has 132 valence electrons. The lowest BCUT2D eigenvalue weighted by Crippen LogP contribution is -2.37. The molecule has 0 aliphatic carbocycles. The zero-order valence-electron chi connectivity index (χ0n) is 14.2. The Kier molecular flexibility index (Phi) is 8.20. The van der Waals surface area contributed by atoms with Gasteiger partial charge in [0.15, 0.2) is 0 Å². The smallest absolute Gasteiger partial charge is 0.129 e. The van der Waals surface area contributed by atoms with Crippen LogP contribution in [0.25, 0.3) is 0 Å². The van der Waals surface area contributed by atoms with E-state index >= 15 is 0 Å². The van der Waals surface area contributed by atoms with Crippen molar-refractivity contribution in [3.8, 4) is 5.75 Å². The number of ether oxygens (including phenoxy) is 1. The Morgan fingerprint density at radius 1 is 1.12 bits per heavy atom. The monoisotopic (exact) mass is 415 g/mol. The predicted octanol–water partition coefficient (Wildman–Crippen LogP) is 5.87. The first kappa shape index (κ1) is 20.9. The summed E-state index contributed by atoms with van der Waals surface area (Å²) in [7, 11) is 0. The second-order valence-corrected chi connectivity index (χ2v) is 7.14. The van der Waals surface area contributed by atoms with Gasteiger partial charge >= 0.3 is 0 Å². The third-order valence-electron chi connectivity index (χ3n) is 4.00. The molecule has 0 aliphatic heterocycles. The molecule has 24 heavy (non-hydrogen) atoms. The molecule has 0 saturated heterocycles. The fourth-order valence-electron chi connectivity index (χ4n) is 2.06. The number of halogens is 3. The fraction of sp³-hybridized carbons (Fsp3) is 0.368. The fourth-order valence-corrected chi connectivity index (χ4v) is 2.47. The molecule has 0 bridgehead atoms. The van der Waals surface area contributed by atoms with E-state index in [-0.39, 0.29) is 30.4 Å². The lowest BCUT2D eigenvalue weighted by molar-refractivity contribution is 0.293. The topological polar surface area (TPSA) is 21.3 Å². The van der Waals surface area contributed by atoms with Gasteiger partial charge in [-0.1, -0.05) is 41.1 Å². The summed E-state index contributed by atoms with van der Waals surface area (Å²) < 4.78 is 20.6. The molecule has 2 rings (SSSR count). The molecular formula is C19H24BrClFNO. The van der Waals surface area contributed by atoms with Crippen molar-refractivity contribution in [3.05, 3.63) is 63.9 Å². The van der Waals surface area contributed by atoms with E-state index in [1.54, 1.807) is 12.1 Å². The molecule has 0 fully saturated rings. The van der Waals surface area contributed by atoms with E-state index in [2.05, 4.69) is 42.0 Å². The van der Waals surface area contributed by atoms with Gasteiger partial charge in [0.05, 0.1) is 0 Å². The maximum atomic E-state index is 13.7. The summed E-state index contributed by atoms with van der Waals surface area (Å²) in [6.07, 6.45) is 1.03. The highest BCUT2D eigenvalue weighted by molar-refractivity contribution is 9.10. The molecule has 0 aliphatic rings. The molecule has 0 heterocycles. The van der Waals surface area contributed by atoms with Crippen molar-refractivity contribution in [2.75, 3.05) is 0 Å². The van der Waals surface area contributed by atoms with Gasteiger partial charge in [-0.25, -0.2) is 4.39 Å². The van der Waals surface area contributed by atoms with Crippen molar-refractivity contribution in [3.63, 3.8) is 0 Å². The van der Waals surface area contributed by atoms with Crippen molar-refractivity contribution in [1.82, 2.24) is 5.32 Å². The number of rotatable bonds is 7. The zero-order valence-corrected chi connectivity index (χ0v) is 16.6. The number of benzene rings is 2. The summed E-state index contributed by atoms with van der Waals surface area (Å²) in [6, 6.07) is 12.6. The highest BCUT2D eigenvalue weighted by Gasteiger charge is 2.15. The molecule has 5 heteroatoms. The summed E-state index contributed by atoms with van der Waals surface area (Å²) in [4.78, 5) is 0. The molecular weight excluding hydrogens is 393 g/mol. The quantitative estimate of drug-likeness (QED) is 0.609. The minimum Gasteiger partial charge on any atom is -0.488 e. The molecule has 0 aromatic heterocycles. The van der Waals surface area contributed by atoms with Crippen LogP contribution < -0.4 is 10.1 Å². The van der Waals surface area contributed by atoms with Crippen LogP contribution in [0.3, 0.4) is 0 Å². The van der Waals surface area contributed by atoms with Crippen LogP contribution in [0.5, 0.6) is 5.75 Å². The van der Waals surface area contributed by atoms with Crippen LogP contribution in [0.1, 0.15) is 38.3 Å². The third-order valence-corrected chi connectivity index (χ3v) is 4.50. The van der Waals surface area contributed by atoms with Gasteiger partial charge in [0, 0.05) is 27.7 Å². The lowest BCUT2D eigenvalue weighted by atomic mass is 10.0. The zero-order chi connectivity index (χ0) is 16.9. The largest absolute Gasteiger partial charge is 0.488 e. The van der Waals surface area contributed by atoms with Gasteiger partial charge in [-0.2, -0.15) is 0 Å². The molecule has 0 saturated carbocycles. The first-order valence-electron chi connectivity index (χ1n) is 7.81. The standard InChI is InChI=1S/C19H23BrFNO.ClH/c1-4-19(2,3)22-12-15-11-16(20)9-10-18(15)23-13-14-7-5-6-8-17(14)21;/h5-11,22H,4,12-13H2,1-3H3;1H. The maximum Gasteiger partial charge on any atom is 0.129 e. The molecule has 0 unspecified atom stereocenters. The Morgan fingerprint density at radius 3 is 2.50 bits per heavy atom. The van der Waals surface area contributed by atoms with Crippen LogP contribution in [-0.2, 0) is 13.2 Å². The Balaban J connectivity index is 0.00000288. The lowest BCUT2D eigenvalue weighted by Gasteiger charge is -2.25. The SMILES string of the molecule is CCC(C)(C)NCc1cc(Br)ccc1OCc1ccccc1F.Cl. The highest BCUT2D eigenvalue weighted by Crippen LogP contribution is 2.25. The van der Waals surface area contributed by atoms with Crippen molar-refractivity contribution in [2.45, 2.75) is 45.9 Å². The number of hydrogen-bond acceptors (Lipinski definition) is 2. The van der Waals surface area contributed by atoms with Gasteiger partial charge < -0.3 is 10.1 Å². The number of hydrogen-bond donors (Lipinski definition) is 1.